The molecule has 1 heterocycles. The Balaban J connectivity index is 1.73. The number of benzene rings is 3. The van der Waals surface area contributed by atoms with E-state index in [1.807, 2.05) is 0 Å². The molecule has 3 aromatic carbocycles. The van der Waals surface area contributed by atoms with Gasteiger partial charge in [0.15, 0.2) is 5.69 Å². The molecule has 10 heteroatoms. The molecule has 1 amide bonds. The molecular weight excluding hydrogens is 450 g/mol. The fourth-order valence-corrected chi connectivity index (χ4v) is 3.39. The second kappa shape index (κ2) is 8.62. The number of nitrogens with zero attached hydrogens (tertiary/aromatic N) is 3. The molecule has 0 aliphatic heterocycles. The summed E-state index contributed by atoms with van der Waals surface area (Å²) < 4.78 is 55.7. The lowest BCUT2D eigenvalue weighted by Crippen LogP contribution is -2.21. The third kappa shape index (κ3) is 4.47. The predicted molar refractivity (Wildman–Crippen MR) is 121 cm³/mol. The van der Waals surface area contributed by atoms with E-state index in [1.54, 1.807) is 55.4 Å². The smallest absolute Gasteiger partial charge is 0.363 e. The van der Waals surface area contributed by atoms with Gasteiger partial charge >= 0.3 is 6.18 Å². The lowest BCUT2D eigenvalue weighted by molar-refractivity contribution is -0.141. The summed E-state index contributed by atoms with van der Waals surface area (Å²) >= 11 is 0. The van der Waals surface area contributed by atoms with Crippen molar-refractivity contribution in [3.05, 3.63) is 89.5 Å². The van der Waals surface area contributed by atoms with Crippen molar-refractivity contribution in [1.29, 1.82) is 5.41 Å². The highest BCUT2D eigenvalue weighted by atomic mass is 19.4. The molecule has 0 atom stereocenters. The summed E-state index contributed by atoms with van der Waals surface area (Å²) in [5.41, 5.74) is -1.20. The normalized spacial score (nSPS) is 11.5. The zero-order valence-corrected chi connectivity index (χ0v) is 18.1. The Hall–Kier alpha value is -4.21. The maximum Gasteiger partial charge on any atom is 0.435 e. The number of fused-ring (bicyclic) bond motifs is 1. The number of alkyl halides is 3. The number of amides is 1. The monoisotopic (exact) mass is 469 g/mol. The summed E-state index contributed by atoms with van der Waals surface area (Å²) in [6.45, 7) is 0. The SMILES string of the molecule is CN(C)C(=N)c1ccc(NC(=O)c2cc(C(F)(F)F)nn2-c2cc3ccccc3cc2F)cc1. The molecular formula is C24H19F4N5O. The van der Waals surface area contributed by atoms with Crippen molar-refractivity contribution < 1.29 is 22.4 Å². The van der Waals surface area contributed by atoms with Crippen molar-refractivity contribution in [2.45, 2.75) is 6.18 Å². The fraction of sp³-hybridized carbons (Fsp3) is 0.125. The van der Waals surface area contributed by atoms with Gasteiger partial charge in [0.25, 0.3) is 5.91 Å². The zero-order chi connectivity index (χ0) is 24.6. The van der Waals surface area contributed by atoms with Crippen LogP contribution in [0, 0.1) is 11.2 Å². The van der Waals surface area contributed by atoms with E-state index in [0.29, 0.717) is 32.8 Å². The number of aromatic nitrogens is 2. The number of hydrogen-bond acceptors (Lipinski definition) is 3. The van der Waals surface area contributed by atoms with Crippen LogP contribution < -0.4 is 5.32 Å². The van der Waals surface area contributed by atoms with Crippen molar-refractivity contribution in [2.24, 2.45) is 0 Å². The van der Waals surface area contributed by atoms with Gasteiger partial charge in [-0.3, -0.25) is 10.2 Å². The van der Waals surface area contributed by atoms with Crippen LogP contribution in [0.25, 0.3) is 16.5 Å². The van der Waals surface area contributed by atoms with E-state index < -0.39 is 29.3 Å². The van der Waals surface area contributed by atoms with E-state index in [4.69, 9.17) is 5.41 Å². The van der Waals surface area contributed by atoms with E-state index >= 15 is 0 Å². The number of halogens is 4. The van der Waals surface area contributed by atoms with Crippen LogP contribution in [0.4, 0.5) is 23.2 Å². The third-order valence-corrected chi connectivity index (χ3v) is 5.14. The first-order valence-corrected chi connectivity index (χ1v) is 10.1. The highest BCUT2D eigenvalue weighted by Crippen LogP contribution is 2.31. The van der Waals surface area contributed by atoms with Gasteiger partial charge in [-0.2, -0.15) is 18.3 Å². The van der Waals surface area contributed by atoms with Crippen molar-refractivity contribution in [3.63, 3.8) is 0 Å². The minimum atomic E-state index is -4.83. The number of amidine groups is 1. The Morgan fingerprint density at radius 1 is 1.00 bits per heavy atom. The maximum absolute atomic E-state index is 14.9. The van der Waals surface area contributed by atoms with Gasteiger partial charge < -0.3 is 10.2 Å². The topological polar surface area (TPSA) is 74.0 Å². The molecule has 2 N–H and O–H groups in total. The largest absolute Gasteiger partial charge is 0.435 e. The quantitative estimate of drug-likeness (QED) is 0.241. The second-order valence-electron chi connectivity index (χ2n) is 7.75. The van der Waals surface area contributed by atoms with E-state index in [2.05, 4.69) is 10.4 Å². The average Bonchev–Trinajstić information content (AvgIpc) is 3.24. The van der Waals surface area contributed by atoms with Crippen LogP contribution in [-0.4, -0.2) is 40.5 Å². The predicted octanol–water partition coefficient (Wildman–Crippen LogP) is 5.32. The summed E-state index contributed by atoms with van der Waals surface area (Å²) in [4.78, 5) is 14.5. The third-order valence-electron chi connectivity index (χ3n) is 5.14. The molecule has 1 aromatic heterocycles. The molecule has 174 valence electrons. The molecule has 34 heavy (non-hydrogen) atoms. The highest BCUT2D eigenvalue weighted by Gasteiger charge is 2.36. The van der Waals surface area contributed by atoms with Crippen LogP contribution in [0.15, 0.2) is 66.7 Å². The van der Waals surface area contributed by atoms with E-state index in [-0.39, 0.29) is 11.5 Å². The summed E-state index contributed by atoms with van der Waals surface area (Å²) in [6.07, 6.45) is -4.83. The fourth-order valence-electron chi connectivity index (χ4n) is 3.39. The summed E-state index contributed by atoms with van der Waals surface area (Å²) in [6, 6.07) is 16.1. The molecule has 4 aromatic rings. The van der Waals surface area contributed by atoms with Crippen LogP contribution in [0.3, 0.4) is 0 Å². The molecule has 6 nitrogen and oxygen atoms in total. The number of carbonyl (C=O) groups is 1. The lowest BCUT2D eigenvalue weighted by Gasteiger charge is -2.14. The van der Waals surface area contributed by atoms with Gasteiger partial charge in [-0.25, -0.2) is 9.07 Å². The first kappa shape index (κ1) is 23.0. The van der Waals surface area contributed by atoms with E-state index in [9.17, 15) is 22.4 Å². The minimum absolute atomic E-state index is 0.248. The molecule has 0 fully saturated rings. The molecule has 0 saturated heterocycles. The zero-order valence-electron chi connectivity index (χ0n) is 18.1. The molecule has 0 unspecified atom stereocenters. The maximum atomic E-state index is 14.9. The second-order valence-corrected chi connectivity index (χ2v) is 7.75. The Morgan fingerprint density at radius 3 is 2.21 bits per heavy atom. The van der Waals surface area contributed by atoms with Crippen molar-refractivity contribution in [1.82, 2.24) is 14.7 Å². The van der Waals surface area contributed by atoms with Crippen molar-refractivity contribution in [3.8, 4) is 5.69 Å². The van der Waals surface area contributed by atoms with Crippen LogP contribution >= 0.6 is 0 Å². The van der Waals surface area contributed by atoms with Crippen molar-refractivity contribution >= 4 is 28.2 Å². The van der Waals surface area contributed by atoms with Crippen LogP contribution in [0.5, 0.6) is 0 Å². The standard InChI is InChI=1S/C24H19F4N5O/c1-32(2)22(29)14-7-9-17(10-8-14)30-23(34)20-13-21(24(26,27)28)31-33(20)19-12-16-6-4-3-5-15(16)11-18(19)25/h3-13,29H,1-2H3,(H,30,34). The number of nitrogens with one attached hydrogen (secondary N) is 2. The molecule has 0 radical (unpaired) electrons. The minimum Gasteiger partial charge on any atom is -0.363 e. The van der Waals surface area contributed by atoms with Gasteiger partial charge in [0.1, 0.15) is 23.0 Å². The molecule has 0 saturated carbocycles. The Morgan fingerprint density at radius 2 is 1.62 bits per heavy atom. The van der Waals surface area contributed by atoms with E-state index in [0.717, 1.165) is 0 Å². The summed E-state index contributed by atoms with van der Waals surface area (Å²) in [5.74, 6) is -1.47. The summed E-state index contributed by atoms with van der Waals surface area (Å²) in [5, 5.41) is 15.1. The molecule has 0 aliphatic rings. The van der Waals surface area contributed by atoms with Crippen LogP contribution in [0.1, 0.15) is 21.7 Å². The number of anilines is 1. The number of hydrogen-bond donors (Lipinski definition) is 2. The average molecular weight is 469 g/mol. The van der Waals surface area contributed by atoms with Gasteiger partial charge in [-0.1, -0.05) is 24.3 Å². The van der Waals surface area contributed by atoms with Gasteiger partial charge in [0.2, 0.25) is 0 Å². The first-order chi connectivity index (χ1) is 16.0. The van der Waals surface area contributed by atoms with Gasteiger partial charge in [-0.15, -0.1) is 0 Å². The number of rotatable bonds is 4. The molecule has 0 bridgehead atoms. The number of carbonyl (C=O) groups excluding carboxylic acids is 1. The van der Waals surface area contributed by atoms with Crippen LogP contribution in [0.2, 0.25) is 0 Å². The first-order valence-electron chi connectivity index (χ1n) is 10.1. The highest BCUT2D eigenvalue weighted by molar-refractivity contribution is 6.04. The Bertz CT molecular complexity index is 1390. The van der Waals surface area contributed by atoms with Gasteiger partial charge in [0.05, 0.1) is 0 Å². The molecule has 0 spiro atoms. The van der Waals surface area contributed by atoms with Crippen molar-refractivity contribution in [2.75, 3.05) is 19.4 Å². The molecule has 4 rings (SSSR count). The Kier molecular flexibility index (Phi) is 5.82. The van der Waals surface area contributed by atoms with E-state index in [1.165, 1.54) is 24.3 Å². The van der Waals surface area contributed by atoms with Gasteiger partial charge in [-0.05, 0) is 47.2 Å². The molecule has 0 aliphatic carbocycles. The summed E-state index contributed by atoms with van der Waals surface area (Å²) in [7, 11) is 3.42. The van der Waals surface area contributed by atoms with Gasteiger partial charge in [0, 0.05) is 31.4 Å². The Labute approximate surface area is 191 Å². The lowest BCUT2D eigenvalue weighted by atomic mass is 10.1. The van der Waals surface area contributed by atoms with Crippen LogP contribution in [-0.2, 0) is 6.18 Å².